The molecule has 2 aromatic carbocycles. The van der Waals surface area contributed by atoms with Gasteiger partial charge in [-0.25, -0.2) is 0 Å². The molecule has 0 unspecified atom stereocenters. The number of rotatable bonds is 3. The Morgan fingerprint density at radius 2 is 1.61 bits per heavy atom. The van der Waals surface area contributed by atoms with Crippen LogP contribution in [0.2, 0.25) is 0 Å². The van der Waals surface area contributed by atoms with E-state index in [-0.39, 0.29) is 5.75 Å². The van der Waals surface area contributed by atoms with E-state index < -0.39 is 10.5 Å². The van der Waals surface area contributed by atoms with Crippen molar-refractivity contribution in [2.24, 2.45) is 0 Å². The van der Waals surface area contributed by atoms with Gasteiger partial charge in [0.05, 0.1) is 0 Å². The molecule has 0 amide bonds. The van der Waals surface area contributed by atoms with E-state index >= 15 is 0 Å². The first kappa shape index (κ1) is 12.6. The van der Waals surface area contributed by atoms with Crippen LogP contribution in [0, 0.1) is 6.92 Å². The molecule has 3 nitrogen and oxygen atoms in total. The van der Waals surface area contributed by atoms with Crippen LogP contribution in [-0.4, -0.2) is 8.42 Å². The van der Waals surface area contributed by atoms with Crippen LogP contribution in [0.25, 0.3) is 11.1 Å². The average molecular weight is 266 g/mol. The van der Waals surface area contributed by atoms with Crippen molar-refractivity contribution in [1.29, 1.82) is 0 Å². The molecule has 0 aliphatic heterocycles. The van der Waals surface area contributed by atoms with Crippen LogP contribution in [0.3, 0.4) is 0 Å². The molecule has 18 heavy (non-hydrogen) atoms. The van der Waals surface area contributed by atoms with Crippen LogP contribution in [-0.2, 0) is 10.5 Å². The highest BCUT2D eigenvalue weighted by Crippen LogP contribution is 2.25. The smallest absolute Gasteiger partial charge is 0.358 e. The zero-order chi connectivity index (χ0) is 13.2. The summed E-state index contributed by atoms with van der Waals surface area (Å²) in [6.07, 6.45) is 0. The summed E-state index contributed by atoms with van der Waals surface area (Å²) in [6, 6.07) is 14.0. The molecule has 2 aromatic rings. The first-order chi connectivity index (χ1) is 8.46. The van der Waals surface area contributed by atoms with Gasteiger partial charge in [0.15, 0.2) is 0 Å². The second kappa shape index (κ2) is 4.78. The first-order valence-electron chi connectivity index (χ1n) is 5.26. The van der Waals surface area contributed by atoms with Crippen molar-refractivity contribution in [3.63, 3.8) is 0 Å². The van der Waals surface area contributed by atoms with Crippen LogP contribution in [0.4, 0.5) is 3.89 Å². The molecular weight excluding hydrogens is 255 g/mol. The van der Waals surface area contributed by atoms with E-state index in [0.717, 1.165) is 16.7 Å². The Morgan fingerprint density at radius 1 is 1.00 bits per heavy atom. The lowest BCUT2D eigenvalue weighted by Crippen LogP contribution is -2.00. The standard InChI is InChI=1S/C13H11FO3S/c1-10-4-2-3-5-13(10)11-6-8-12(9-7-11)17-18(14,15)16/h2-9H,1H3. The molecule has 94 valence electrons. The third kappa shape index (κ3) is 3.07. The number of halogens is 1. The van der Waals surface area contributed by atoms with E-state index in [1.807, 2.05) is 31.2 Å². The number of benzene rings is 2. The molecule has 0 saturated heterocycles. The van der Waals surface area contributed by atoms with E-state index in [2.05, 4.69) is 4.18 Å². The lowest BCUT2D eigenvalue weighted by Gasteiger charge is -2.06. The van der Waals surface area contributed by atoms with Gasteiger partial charge in [-0.05, 0) is 35.7 Å². The molecule has 0 radical (unpaired) electrons. The van der Waals surface area contributed by atoms with Crippen LogP contribution in [0.5, 0.6) is 5.75 Å². The predicted molar refractivity (Wildman–Crippen MR) is 67.3 cm³/mol. The van der Waals surface area contributed by atoms with Crippen LogP contribution in [0.15, 0.2) is 48.5 Å². The number of hydrogen-bond acceptors (Lipinski definition) is 3. The summed E-state index contributed by atoms with van der Waals surface area (Å²) in [6.45, 7) is 1.98. The van der Waals surface area contributed by atoms with Crippen LogP contribution in [0.1, 0.15) is 5.56 Å². The Morgan fingerprint density at radius 3 is 2.17 bits per heavy atom. The van der Waals surface area contributed by atoms with E-state index in [9.17, 15) is 12.3 Å². The van der Waals surface area contributed by atoms with Gasteiger partial charge >= 0.3 is 10.5 Å². The van der Waals surface area contributed by atoms with Crippen molar-refractivity contribution in [3.8, 4) is 16.9 Å². The molecule has 0 aromatic heterocycles. The molecule has 5 heteroatoms. The lowest BCUT2D eigenvalue weighted by atomic mass is 10.0. The van der Waals surface area contributed by atoms with Crippen LogP contribution < -0.4 is 4.18 Å². The van der Waals surface area contributed by atoms with Crippen molar-refractivity contribution < 1.29 is 16.5 Å². The minimum absolute atomic E-state index is 0.0464. The van der Waals surface area contributed by atoms with Gasteiger partial charge in [0.1, 0.15) is 5.75 Å². The Bertz CT molecular complexity index is 648. The summed E-state index contributed by atoms with van der Waals surface area (Å²) in [5, 5.41) is 0. The Labute approximate surface area is 105 Å². The van der Waals surface area contributed by atoms with E-state index in [1.165, 1.54) is 12.1 Å². The molecule has 0 bridgehead atoms. The predicted octanol–water partition coefficient (Wildman–Crippen LogP) is 3.26. The second-order valence-corrected chi connectivity index (χ2v) is 4.77. The third-order valence-electron chi connectivity index (χ3n) is 2.51. The Kier molecular flexibility index (Phi) is 3.34. The zero-order valence-electron chi connectivity index (χ0n) is 9.63. The summed E-state index contributed by atoms with van der Waals surface area (Å²) in [4.78, 5) is 0. The SMILES string of the molecule is Cc1ccccc1-c1ccc(OS(=O)(=O)F)cc1. The van der Waals surface area contributed by atoms with E-state index in [4.69, 9.17) is 0 Å². The molecule has 0 fully saturated rings. The highest BCUT2D eigenvalue weighted by molar-refractivity contribution is 7.81. The monoisotopic (exact) mass is 266 g/mol. The molecule has 2 rings (SSSR count). The number of hydrogen-bond donors (Lipinski definition) is 0. The zero-order valence-corrected chi connectivity index (χ0v) is 10.4. The Balaban J connectivity index is 2.31. The van der Waals surface area contributed by atoms with Crippen molar-refractivity contribution >= 4 is 10.5 Å². The van der Waals surface area contributed by atoms with Crippen molar-refractivity contribution in [1.82, 2.24) is 0 Å². The van der Waals surface area contributed by atoms with Gasteiger partial charge in [-0.1, -0.05) is 40.3 Å². The summed E-state index contributed by atoms with van der Waals surface area (Å²) in [5.74, 6) is -0.0464. The average Bonchev–Trinajstić information content (AvgIpc) is 2.29. The third-order valence-corrected chi connectivity index (χ3v) is 2.90. The van der Waals surface area contributed by atoms with Gasteiger partial charge in [-0.2, -0.15) is 8.42 Å². The summed E-state index contributed by atoms with van der Waals surface area (Å²) >= 11 is 0. The van der Waals surface area contributed by atoms with E-state index in [0.29, 0.717) is 0 Å². The minimum Gasteiger partial charge on any atom is -0.358 e. The minimum atomic E-state index is -4.96. The molecular formula is C13H11FO3S. The lowest BCUT2D eigenvalue weighted by molar-refractivity contribution is 0.440. The normalized spacial score (nSPS) is 11.2. The molecule has 0 spiro atoms. The van der Waals surface area contributed by atoms with Gasteiger partial charge in [0.25, 0.3) is 0 Å². The fourth-order valence-corrected chi connectivity index (χ4v) is 2.04. The fraction of sp³-hybridized carbons (Fsp3) is 0.0769. The number of aryl methyl sites for hydroxylation is 1. The summed E-state index contributed by atoms with van der Waals surface area (Å²) < 4.78 is 37.1. The molecule has 0 atom stereocenters. The fourth-order valence-electron chi connectivity index (χ4n) is 1.70. The Hall–Kier alpha value is -1.88. The molecule has 0 N–H and O–H groups in total. The largest absolute Gasteiger partial charge is 0.488 e. The van der Waals surface area contributed by atoms with E-state index in [1.54, 1.807) is 12.1 Å². The van der Waals surface area contributed by atoms with Crippen molar-refractivity contribution in [2.45, 2.75) is 6.92 Å². The van der Waals surface area contributed by atoms with Gasteiger partial charge < -0.3 is 4.18 Å². The van der Waals surface area contributed by atoms with Crippen molar-refractivity contribution in [3.05, 3.63) is 54.1 Å². The molecule has 0 heterocycles. The van der Waals surface area contributed by atoms with Crippen LogP contribution >= 0.6 is 0 Å². The topological polar surface area (TPSA) is 43.4 Å². The summed E-state index contributed by atoms with van der Waals surface area (Å²) in [7, 11) is -4.96. The van der Waals surface area contributed by atoms with Gasteiger partial charge in [-0.15, -0.1) is 0 Å². The highest BCUT2D eigenvalue weighted by Gasteiger charge is 2.09. The van der Waals surface area contributed by atoms with Gasteiger partial charge in [0.2, 0.25) is 0 Å². The maximum Gasteiger partial charge on any atom is 0.488 e. The molecule has 0 aliphatic carbocycles. The second-order valence-electron chi connectivity index (χ2n) is 3.82. The molecule has 0 aliphatic rings. The maximum absolute atomic E-state index is 12.3. The summed E-state index contributed by atoms with van der Waals surface area (Å²) in [5.41, 5.74) is 3.05. The van der Waals surface area contributed by atoms with Gasteiger partial charge in [-0.3, -0.25) is 0 Å². The van der Waals surface area contributed by atoms with Crippen molar-refractivity contribution in [2.75, 3.05) is 0 Å². The quantitative estimate of drug-likeness (QED) is 0.801. The van der Waals surface area contributed by atoms with Gasteiger partial charge in [0, 0.05) is 0 Å². The molecule has 0 saturated carbocycles. The first-order valence-corrected chi connectivity index (χ1v) is 6.57. The maximum atomic E-state index is 12.3. The highest BCUT2D eigenvalue weighted by atomic mass is 32.3.